The molecule has 2 fully saturated rings. The maximum atomic E-state index is 13.2. The molecule has 2 aliphatic rings. The number of urea groups is 1. The zero-order chi connectivity index (χ0) is 17.4. The first-order valence-electron chi connectivity index (χ1n) is 9.26. The molecule has 5 nitrogen and oxygen atoms in total. The molecule has 5 heteroatoms. The van der Waals surface area contributed by atoms with E-state index in [4.69, 9.17) is 0 Å². The minimum atomic E-state index is -0.235. The second-order valence-corrected chi connectivity index (χ2v) is 7.41. The molecule has 2 aromatic rings. The number of hydrogen-bond donors (Lipinski definition) is 1. The quantitative estimate of drug-likeness (QED) is 0.876. The number of hydrogen-bond acceptors (Lipinski definition) is 2. The summed E-state index contributed by atoms with van der Waals surface area (Å²) in [6.07, 6.45) is 8.45. The van der Waals surface area contributed by atoms with Crippen LogP contribution in [0.4, 0.5) is 4.79 Å². The van der Waals surface area contributed by atoms with Gasteiger partial charge in [0.15, 0.2) is 0 Å². The molecule has 1 N–H and O–H groups in total. The first-order valence-corrected chi connectivity index (χ1v) is 9.26. The molecule has 1 aromatic carbocycles. The smallest absolute Gasteiger partial charge is 0.318 e. The third-order valence-corrected chi connectivity index (χ3v) is 5.44. The van der Waals surface area contributed by atoms with Crippen LogP contribution in [0.5, 0.6) is 0 Å². The monoisotopic (exact) mass is 338 g/mol. The molecule has 2 saturated carbocycles. The van der Waals surface area contributed by atoms with Crippen LogP contribution in [-0.2, 0) is 7.05 Å². The largest absolute Gasteiger partial charge is 0.336 e. The van der Waals surface area contributed by atoms with E-state index in [1.165, 1.54) is 12.8 Å². The summed E-state index contributed by atoms with van der Waals surface area (Å²) in [5.41, 5.74) is 1.06. The lowest BCUT2D eigenvalue weighted by molar-refractivity contribution is 0.164. The number of nitrogens with one attached hydrogen (secondary N) is 1. The van der Waals surface area contributed by atoms with Crippen LogP contribution in [0, 0.1) is 5.92 Å². The lowest BCUT2D eigenvalue weighted by Crippen LogP contribution is -2.48. The van der Waals surface area contributed by atoms with Crippen molar-refractivity contribution in [2.45, 2.75) is 50.7 Å². The van der Waals surface area contributed by atoms with Crippen molar-refractivity contribution in [1.82, 2.24) is 19.8 Å². The summed E-state index contributed by atoms with van der Waals surface area (Å²) in [5.74, 6) is 1.53. The Morgan fingerprint density at radius 2 is 1.96 bits per heavy atom. The van der Waals surface area contributed by atoms with E-state index >= 15 is 0 Å². The number of amides is 2. The molecule has 25 heavy (non-hydrogen) atoms. The Morgan fingerprint density at radius 1 is 1.24 bits per heavy atom. The SMILES string of the molecule is C[C@H](C1CC1)N(C(=O)N[C@H](c1ccccc1)c1nccn1C)C1CC1. The number of nitrogens with zero attached hydrogens (tertiary/aromatic N) is 3. The summed E-state index contributed by atoms with van der Waals surface area (Å²) >= 11 is 0. The highest BCUT2D eigenvalue weighted by Gasteiger charge is 2.42. The lowest BCUT2D eigenvalue weighted by Gasteiger charge is -2.31. The third kappa shape index (κ3) is 3.41. The van der Waals surface area contributed by atoms with Gasteiger partial charge in [-0.3, -0.25) is 0 Å². The van der Waals surface area contributed by atoms with E-state index in [0.717, 1.165) is 24.2 Å². The van der Waals surface area contributed by atoms with Crippen LogP contribution in [0.25, 0.3) is 0 Å². The fourth-order valence-corrected chi connectivity index (χ4v) is 3.64. The molecule has 0 spiro atoms. The van der Waals surface area contributed by atoms with Gasteiger partial charge in [-0.05, 0) is 44.1 Å². The van der Waals surface area contributed by atoms with Gasteiger partial charge in [0.2, 0.25) is 0 Å². The fourth-order valence-electron chi connectivity index (χ4n) is 3.64. The summed E-state index contributed by atoms with van der Waals surface area (Å²) in [6, 6.07) is 10.6. The van der Waals surface area contributed by atoms with Gasteiger partial charge >= 0.3 is 6.03 Å². The molecule has 0 bridgehead atoms. The number of imidazole rings is 1. The van der Waals surface area contributed by atoms with E-state index < -0.39 is 0 Å². The number of carbonyl (C=O) groups excluding carboxylic acids is 1. The molecule has 1 aromatic heterocycles. The predicted octanol–water partition coefficient (Wildman–Crippen LogP) is 3.48. The second kappa shape index (κ2) is 6.54. The van der Waals surface area contributed by atoms with E-state index in [1.54, 1.807) is 6.20 Å². The van der Waals surface area contributed by atoms with Crippen molar-refractivity contribution in [3.8, 4) is 0 Å². The van der Waals surface area contributed by atoms with Gasteiger partial charge in [0, 0.05) is 31.5 Å². The van der Waals surface area contributed by atoms with Crippen molar-refractivity contribution in [2.75, 3.05) is 0 Å². The van der Waals surface area contributed by atoms with E-state index in [-0.39, 0.29) is 12.1 Å². The summed E-state index contributed by atoms with van der Waals surface area (Å²) in [7, 11) is 1.97. The summed E-state index contributed by atoms with van der Waals surface area (Å²) in [5, 5.41) is 3.27. The minimum Gasteiger partial charge on any atom is -0.336 e. The van der Waals surface area contributed by atoms with Crippen molar-refractivity contribution in [2.24, 2.45) is 13.0 Å². The third-order valence-electron chi connectivity index (χ3n) is 5.44. The van der Waals surface area contributed by atoms with Crippen molar-refractivity contribution in [1.29, 1.82) is 0 Å². The number of benzene rings is 1. The van der Waals surface area contributed by atoms with Crippen LogP contribution < -0.4 is 5.32 Å². The van der Waals surface area contributed by atoms with Crippen LogP contribution in [-0.4, -0.2) is 32.6 Å². The number of rotatable bonds is 6. The Bertz CT molecular complexity index is 733. The highest BCUT2D eigenvalue weighted by Crippen LogP contribution is 2.40. The van der Waals surface area contributed by atoms with Crippen LogP contribution in [0.2, 0.25) is 0 Å². The Labute approximate surface area is 149 Å². The van der Waals surface area contributed by atoms with Crippen LogP contribution in [0.3, 0.4) is 0 Å². The average molecular weight is 338 g/mol. The van der Waals surface area contributed by atoms with E-state index in [1.807, 2.05) is 48.1 Å². The van der Waals surface area contributed by atoms with Crippen molar-refractivity contribution >= 4 is 6.03 Å². The predicted molar refractivity (Wildman–Crippen MR) is 97.1 cm³/mol. The van der Waals surface area contributed by atoms with Crippen LogP contribution in [0.15, 0.2) is 42.7 Å². The summed E-state index contributed by atoms with van der Waals surface area (Å²) in [6.45, 7) is 2.20. The first kappa shape index (κ1) is 16.2. The molecular weight excluding hydrogens is 312 g/mol. The molecule has 4 rings (SSSR count). The van der Waals surface area contributed by atoms with Crippen LogP contribution in [0.1, 0.15) is 50.0 Å². The molecule has 0 saturated heterocycles. The Kier molecular flexibility index (Phi) is 4.24. The Balaban J connectivity index is 1.59. The molecule has 1 heterocycles. The normalized spacial score (nSPS) is 19.3. The summed E-state index contributed by atoms with van der Waals surface area (Å²) < 4.78 is 1.98. The van der Waals surface area contributed by atoms with Crippen molar-refractivity contribution < 1.29 is 4.79 Å². The number of aromatic nitrogens is 2. The average Bonchev–Trinajstić information content (AvgIpc) is 3.52. The molecule has 0 radical (unpaired) electrons. The standard InChI is InChI=1S/C20H26N4O/c1-14(15-8-9-15)24(17-10-11-17)20(25)22-18(16-6-4-3-5-7-16)19-21-12-13-23(19)2/h3-7,12-15,17-18H,8-11H2,1-2H3,(H,22,25)/t14-,18-/m1/s1. The highest BCUT2D eigenvalue weighted by molar-refractivity contribution is 5.76. The fraction of sp³-hybridized carbons (Fsp3) is 0.500. The second-order valence-electron chi connectivity index (χ2n) is 7.41. The van der Waals surface area contributed by atoms with Crippen molar-refractivity contribution in [3.63, 3.8) is 0 Å². The lowest BCUT2D eigenvalue weighted by atomic mass is 10.1. The molecular formula is C20H26N4O. The number of carbonyl (C=O) groups is 1. The molecule has 2 amide bonds. The van der Waals surface area contributed by atoms with Gasteiger partial charge in [0.1, 0.15) is 11.9 Å². The summed E-state index contributed by atoms with van der Waals surface area (Å²) in [4.78, 5) is 19.7. The number of aryl methyl sites for hydroxylation is 1. The first-order chi connectivity index (χ1) is 12.1. The van der Waals surface area contributed by atoms with Crippen LogP contribution >= 0.6 is 0 Å². The van der Waals surface area contributed by atoms with E-state index in [9.17, 15) is 4.79 Å². The minimum absolute atomic E-state index is 0.0405. The molecule has 132 valence electrons. The van der Waals surface area contributed by atoms with Gasteiger partial charge in [-0.2, -0.15) is 0 Å². The highest BCUT2D eigenvalue weighted by atomic mass is 16.2. The molecule has 0 unspecified atom stereocenters. The maximum Gasteiger partial charge on any atom is 0.318 e. The molecule has 2 atom stereocenters. The van der Waals surface area contributed by atoms with Gasteiger partial charge in [0.25, 0.3) is 0 Å². The molecule has 0 aliphatic heterocycles. The maximum absolute atomic E-state index is 13.2. The van der Waals surface area contributed by atoms with Gasteiger partial charge in [-0.1, -0.05) is 30.3 Å². The van der Waals surface area contributed by atoms with Crippen molar-refractivity contribution in [3.05, 3.63) is 54.1 Å². The van der Waals surface area contributed by atoms with Gasteiger partial charge in [0.05, 0.1) is 0 Å². The zero-order valence-corrected chi connectivity index (χ0v) is 14.9. The van der Waals surface area contributed by atoms with Gasteiger partial charge in [-0.25, -0.2) is 9.78 Å². The molecule has 2 aliphatic carbocycles. The van der Waals surface area contributed by atoms with Gasteiger partial charge < -0.3 is 14.8 Å². The zero-order valence-electron chi connectivity index (χ0n) is 14.9. The Hall–Kier alpha value is -2.30. The van der Waals surface area contributed by atoms with E-state index in [2.05, 4.69) is 22.1 Å². The topological polar surface area (TPSA) is 50.2 Å². The van der Waals surface area contributed by atoms with E-state index in [0.29, 0.717) is 18.0 Å². The Morgan fingerprint density at radius 3 is 2.52 bits per heavy atom. The van der Waals surface area contributed by atoms with Gasteiger partial charge in [-0.15, -0.1) is 0 Å².